The van der Waals surface area contributed by atoms with E-state index in [4.69, 9.17) is 14.2 Å². The quantitative estimate of drug-likeness (QED) is 0.802. The fraction of sp³-hybridized carbons (Fsp3) is 0.882. The van der Waals surface area contributed by atoms with Gasteiger partial charge in [0.25, 0.3) is 0 Å². The third-order valence-electron chi connectivity index (χ3n) is 3.46. The standard InChI is InChI=1S/C17H31NO5/c1-6-10-21-13-8-7-9-14(15(19)22-12(2)11-13)18-16(20)23-17(3,4)5/h12-14H,6-11H2,1-5H3,(H,18,20)/t12?,13?,14-/m0/s1. The minimum atomic E-state index is -0.669. The van der Waals surface area contributed by atoms with Crippen molar-refractivity contribution in [2.45, 2.75) is 90.6 Å². The molecule has 6 heteroatoms. The zero-order valence-corrected chi connectivity index (χ0v) is 15.0. The van der Waals surface area contributed by atoms with E-state index in [9.17, 15) is 9.59 Å². The molecule has 3 atom stereocenters. The monoisotopic (exact) mass is 329 g/mol. The van der Waals surface area contributed by atoms with E-state index in [2.05, 4.69) is 12.2 Å². The van der Waals surface area contributed by atoms with Crippen molar-refractivity contribution in [3.63, 3.8) is 0 Å². The number of amides is 1. The van der Waals surface area contributed by atoms with Gasteiger partial charge < -0.3 is 19.5 Å². The van der Waals surface area contributed by atoms with Gasteiger partial charge in [0.2, 0.25) is 0 Å². The summed E-state index contributed by atoms with van der Waals surface area (Å²) in [7, 11) is 0. The number of carbonyl (C=O) groups excluding carboxylic acids is 2. The van der Waals surface area contributed by atoms with E-state index in [1.807, 2.05) is 6.92 Å². The van der Waals surface area contributed by atoms with Gasteiger partial charge in [-0.25, -0.2) is 9.59 Å². The lowest BCUT2D eigenvalue weighted by molar-refractivity contribution is -0.152. The molecule has 1 aliphatic rings. The minimum absolute atomic E-state index is 0.0954. The molecule has 1 fully saturated rings. The van der Waals surface area contributed by atoms with Crippen LogP contribution < -0.4 is 5.32 Å². The van der Waals surface area contributed by atoms with E-state index in [0.29, 0.717) is 19.4 Å². The molecule has 0 radical (unpaired) electrons. The summed E-state index contributed by atoms with van der Waals surface area (Å²) < 4.78 is 16.5. The van der Waals surface area contributed by atoms with Gasteiger partial charge in [-0.1, -0.05) is 6.92 Å². The van der Waals surface area contributed by atoms with Crippen LogP contribution >= 0.6 is 0 Å². The van der Waals surface area contributed by atoms with Crippen molar-refractivity contribution < 1.29 is 23.8 Å². The van der Waals surface area contributed by atoms with Crippen molar-refractivity contribution in [2.24, 2.45) is 0 Å². The molecule has 1 amide bonds. The predicted molar refractivity (Wildman–Crippen MR) is 87.2 cm³/mol. The highest BCUT2D eigenvalue weighted by Gasteiger charge is 2.29. The summed E-state index contributed by atoms with van der Waals surface area (Å²) in [4.78, 5) is 24.1. The zero-order chi connectivity index (χ0) is 17.5. The van der Waals surface area contributed by atoms with Crippen molar-refractivity contribution in [2.75, 3.05) is 6.61 Å². The molecule has 0 aromatic rings. The molecule has 0 aromatic heterocycles. The first kappa shape index (κ1) is 19.7. The van der Waals surface area contributed by atoms with Gasteiger partial charge in [0, 0.05) is 13.0 Å². The normalized spacial score (nSPS) is 26.5. The maximum Gasteiger partial charge on any atom is 0.408 e. The second-order valence-corrected chi connectivity index (χ2v) is 7.11. The molecular weight excluding hydrogens is 298 g/mol. The van der Waals surface area contributed by atoms with E-state index in [1.165, 1.54) is 0 Å². The predicted octanol–water partition coefficient (Wildman–Crippen LogP) is 3.18. The number of cyclic esters (lactones) is 1. The highest BCUT2D eigenvalue weighted by Crippen LogP contribution is 2.19. The van der Waals surface area contributed by atoms with Crippen LogP contribution in [0.25, 0.3) is 0 Å². The lowest BCUT2D eigenvalue weighted by Gasteiger charge is -2.23. The highest BCUT2D eigenvalue weighted by molar-refractivity contribution is 5.81. The molecule has 2 unspecified atom stereocenters. The molecule has 6 nitrogen and oxygen atoms in total. The van der Waals surface area contributed by atoms with Gasteiger partial charge in [0.15, 0.2) is 0 Å². The summed E-state index contributed by atoms with van der Waals surface area (Å²) >= 11 is 0. The zero-order valence-electron chi connectivity index (χ0n) is 15.0. The molecule has 23 heavy (non-hydrogen) atoms. The summed E-state index contributed by atoms with van der Waals surface area (Å²) in [6.07, 6.45) is 3.09. The van der Waals surface area contributed by atoms with Gasteiger partial charge in [0.1, 0.15) is 17.7 Å². The number of hydrogen-bond acceptors (Lipinski definition) is 5. The van der Waals surface area contributed by atoms with Crippen LogP contribution in [0.15, 0.2) is 0 Å². The third-order valence-corrected chi connectivity index (χ3v) is 3.46. The lowest BCUT2D eigenvalue weighted by atomic mass is 10.0. The lowest BCUT2D eigenvalue weighted by Crippen LogP contribution is -2.44. The third kappa shape index (κ3) is 8.21. The van der Waals surface area contributed by atoms with Crippen LogP contribution in [0.2, 0.25) is 0 Å². The Labute approximate surface area is 139 Å². The van der Waals surface area contributed by atoms with E-state index < -0.39 is 23.7 Å². The Morgan fingerprint density at radius 2 is 2.04 bits per heavy atom. The number of hydrogen-bond donors (Lipinski definition) is 1. The first-order valence-corrected chi connectivity index (χ1v) is 8.53. The van der Waals surface area contributed by atoms with Gasteiger partial charge in [-0.05, 0) is 53.4 Å². The SMILES string of the molecule is CCCOC1CCC[C@H](NC(=O)OC(C)(C)C)C(=O)OC(C)C1. The highest BCUT2D eigenvalue weighted by atomic mass is 16.6. The molecule has 0 aromatic carbocycles. The number of nitrogens with one attached hydrogen (secondary N) is 1. The molecule has 1 N–H and O–H groups in total. The molecule has 134 valence electrons. The Balaban J connectivity index is 2.61. The van der Waals surface area contributed by atoms with Crippen molar-refractivity contribution in [1.82, 2.24) is 5.32 Å². The molecule has 1 heterocycles. The van der Waals surface area contributed by atoms with Gasteiger partial charge in [-0.2, -0.15) is 0 Å². The van der Waals surface area contributed by atoms with Crippen LogP contribution in [-0.2, 0) is 19.0 Å². The van der Waals surface area contributed by atoms with Crippen molar-refractivity contribution >= 4 is 12.1 Å². The second kappa shape index (κ2) is 9.11. The van der Waals surface area contributed by atoms with E-state index in [-0.39, 0.29) is 12.2 Å². The van der Waals surface area contributed by atoms with Gasteiger partial charge in [-0.3, -0.25) is 0 Å². The fourth-order valence-corrected chi connectivity index (χ4v) is 2.50. The maximum absolute atomic E-state index is 12.2. The van der Waals surface area contributed by atoms with Crippen LogP contribution in [0.3, 0.4) is 0 Å². The summed E-state index contributed by atoms with van der Waals surface area (Å²) in [5, 5.41) is 2.62. The molecule has 0 spiro atoms. The number of carbonyl (C=O) groups is 2. The number of esters is 1. The Morgan fingerprint density at radius 1 is 1.35 bits per heavy atom. The van der Waals surface area contributed by atoms with Crippen LogP contribution in [0.1, 0.15) is 66.7 Å². The summed E-state index contributed by atoms with van der Waals surface area (Å²) in [6, 6.07) is -0.669. The second-order valence-electron chi connectivity index (χ2n) is 7.11. The maximum atomic E-state index is 12.2. The number of ether oxygens (including phenoxy) is 3. The average molecular weight is 329 g/mol. The van der Waals surface area contributed by atoms with E-state index in [1.54, 1.807) is 20.8 Å². The molecule has 0 saturated carbocycles. The van der Waals surface area contributed by atoms with Crippen molar-refractivity contribution in [3.8, 4) is 0 Å². The fourth-order valence-electron chi connectivity index (χ4n) is 2.50. The summed E-state index contributed by atoms with van der Waals surface area (Å²) in [5.74, 6) is -0.403. The largest absolute Gasteiger partial charge is 0.461 e. The minimum Gasteiger partial charge on any atom is -0.461 e. The Hall–Kier alpha value is -1.30. The van der Waals surface area contributed by atoms with Crippen molar-refractivity contribution in [1.29, 1.82) is 0 Å². The molecular formula is C17H31NO5. The van der Waals surface area contributed by atoms with Crippen molar-refractivity contribution in [3.05, 3.63) is 0 Å². The Bertz CT molecular complexity index is 391. The van der Waals surface area contributed by atoms with Gasteiger partial charge in [-0.15, -0.1) is 0 Å². The molecule has 0 bridgehead atoms. The van der Waals surface area contributed by atoms with Crippen LogP contribution in [0, 0.1) is 0 Å². The molecule has 1 rings (SSSR count). The topological polar surface area (TPSA) is 73.9 Å². The average Bonchev–Trinajstić information content (AvgIpc) is 2.46. The molecule has 1 saturated heterocycles. The van der Waals surface area contributed by atoms with Gasteiger partial charge >= 0.3 is 12.1 Å². The molecule has 0 aliphatic carbocycles. The van der Waals surface area contributed by atoms with Gasteiger partial charge in [0.05, 0.1) is 6.10 Å². The number of alkyl carbamates (subject to hydrolysis) is 1. The smallest absolute Gasteiger partial charge is 0.408 e. The van der Waals surface area contributed by atoms with Crippen LogP contribution in [0.4, 0.5) is 4.79 Å². The Kier molecular flexibility index (Phi) is 7.82. The Morgan fingerprint density at radius 3 is 2.65 bits per heavy atom. The molecule has 1 aliphatic heterocycles. The summed E-state index contributed by atoms with van der Waals surface area (Å²) in [5.41, 5.74) is -0.598. The van der Waals surface area contributed by atoms with E-state index >= 15 is 0 Å². The summed E-state index contributed by atoms with van der Waals surface area (Å²) in [6.45, 7) is 9.99. The van der Waals surface area contributed by atoms with Crippen LogP contribution in [0.5, 0.6) is 0 Å². The van der Waals surface area contributed by atoms with Crippen LogP contribution in [-0.4, -0.2) is 42.5 Å². The first-order valence-electron chi connectivity index (χ1n) is 8.53. The number of rotatable bonds is 4. The van der Waals surface area contributed by atoms with E-state index in [0.717, 1.165) is 19.3 Å². The first-order chi connectivity index (χ1) is 10.7.